The van der Waals surface area contributed by atoms with E-state index in [-0.39, 0.29) is 21.7 Å². The number of hydrogen-bond donors (Lipinski definition) is 0. The number of carbonyl (C=O) groups excluding carboxylic acids is 3. The van der Waals surface area contributed by atoms with Crippen LogP contribution >= 0.6 is 0 Å². The minimum atomic E-state index is -4.82. The Bertz CT molecular complexity index is 1090. The molecule has 7 nitrogen and oxygen atoms in total. The van der Waals surface area contributed by atoms with Gasteiger partial charge in [0.15, 0.2) is 5.69 Å². The second-order valence-corrected chi connectivity index (χ2v) is 5.57. The van der Waals surface area contributed by atoms with Crippen LogP contribution < -0.4 is 0 Å². The summed E-state index contributed by atoms with van der Waals surface area (Å²) in [5, 5.41) is 0.217. The van der Waals surface area contributed by atoms with Gasteiger partial charge in [0.05, 0.1) is 16.6 Å². The van der Waals surface area contributed by atoms with Crippen LogP contribution in [0.15, 0.2) is 48.7 Å². The molecule has 1 aliphatic rings. The molecule has 0 fully saturated rings. The van der Waals surface area contributed by atoms with Crippen LogP contribution in [0.2, 0.25) is 0 Å². The van der Waals surface area contributed by atoms with Gasteiger partial charge in [-0.25, -0.2) is 9.78 Å². The van der Waals surface area contributed by atoms with E-state index in [0.717, 1.165) is 6.20 Å². The molecule has 1 aromatic carbocycles. The topological polar surface area (TPSA) is 81.0 Å². The molecule has 0 atom stereocenters. The van der Waals surface area contributed by atoms with E-state index in [2.05, 4.69) is 4.98 Å². The van der Waals surface area contributed by atoms with Crippen LogP contribution in [0.4, 0.5) is 13.2 Å². The molecule has 3 aromatic rings. The lowest BCUT2D eigenvalue weighted by atomic mass is 10.1. The molecule has 0 aliphatic carbocycles. The van der Waals surface area contributed by atoms with Gasteiger partial charge in [-0.3, -0.25) is 14.0 Å². The maximum absolute atomic E-state index is 13.1. The molecule has 4 rings (SSSR count). The first-order valence-corrected chi connectivity index (χ1v) is 7.53. The van der Waals surface area contributed by atoms with Crippen LogP contribution in [0.5, 0.6) is 0 Å². The van der Waals surface area contributed by atoms with Crippen molar-refractivity contribution < 1.29 is 32.4 Å². The molecule has 27 heavy (non-hydrogen) atoms. The van der Waals surface area contributed by atoms with Gasteiger partial charge in [0, 0.05) is 6.20 Å². The van der Waals surface area contributed by atoms with E-state index in [1.165, 1.54) is 42.5 Å². The van der Waals surface area contributed by atoms with Crippen molar-refractivity contribution in [1.29, 1.82) is 0 Å². The Morgan fingerprint density at radius 1 is 0.963 bits per heavy atom. The molecule has 0 bridgehead atoms. The standard InChI is InChI=1S/C17H8F3N3O4/c18-17(19,20)16-21-12(11-7-3-4-8-22(11)16)15(26)27-23-13(24)9-5-1-2-6-10(9)14(23)25/h1-8H. The molecule has 136 valence electrons. The quantitative estimate of drug-likeness (QED) is 0.644. The summed E-state index contributed by atoms with van der Waals surface area (Å²) in [6.45, 7) is 0. The van der Waals surface area contributed by atoms with Crippen molar-refractivity contribution in [2.45, 2.75) is 6.18 Å². The zero-order valence-electron chi connectivity index (χ0n) is 13.2. The van der Waals surface area contributed by atoms with E-state index in [0.29, 0.717) is 4.40 Å². The predicted molar refractivity (Wildman–Crippen MR) is 82.6 cm³/mol. The normalized spacial score (nSPS) is 14.0. The Balaban J connectivity index is 1.71. The van der Waals surface area contributed by atoms with Crippen molar-refractivity contribution in [3.8, 4) is 0 Å². The van der Waals surface area contributed by atoms with Gasteiger partial charge in [0.25, 0.3) is 11.8 Å². The highest BCUT2D eigenvalue weighted by molar-refractivity contribution is 6.21. The van der Waals surface area contributed by atoms with Gasteiger partial charge in [-0.1, -0.05) is 23.3 Å². The Morgan fingerprint density at radius 2 is 1.56 bits per heavy atom. The molecule has 3 heterocycles. The first-order valence-electron chi connectivity index (χ1n) is 7.53. The van der Waals surface area contributed by atoms with Gasteiger partial charge in [-0.15, -0.1) is 0 Å². The third kappa shape index (κ3) is 2.53. The Labute approximate surface area is 148 Å². The maximum atomic E-state index is 13.1. The fourth-order valence-electron chi connectivity index (χ4n) is 2.76. The fraction of sp³-hybridized carbons (Fsp3) is 0.0588. The summed E-state index contributed by atoms with van der Waals surface area (Å²) in [6.07, 6.45) is -3.73. The van der Waals surface area contributed by atoms with Crippen LogP contribution in [0.25, 0.3) is 5.52 Å². The van der Waals surface area contributed by atoms with E-state index in [1.54, 1.807) is 0 Å². The van der Waals surface area contributed by atoms with Gasteiger partial charge in [-0.2, -0.15) is 13.2 Å². The number of hydroxylamine groups is 2. The highest BCUT2D eigenvalue weighted by atomic mass is 19.4. The molecular weight excluding hydrogens is 367 g/mol. The van der Waals surface area contributed by atoms with E-state index < -0.39 is 35.5 Å². The molecule has 1 aliphatic heterocycles. The summed E-state index contributed by atoms with van der Waals surface area (Å²) in [4.78, 5) is 44.9. The van der Waals surface area contributed by atoms with Gasteiger partial charge in [-0.05, 0) is 24.3 Å². The molecular formula is C17H8F3N3O4. The van der Waals surface area contributed by atoms with Crippen LogP contribution in [0, 0.1) is 0 Å². The minimum absolute atomic E-state index is 0.0287. The molecule has 0 spiro atoms. The van der Waals surface area contributed by atoms with Crippen molar-refractivity contribution in [3.63, 3.8) is 0 Å². The second-order valence-electron chi connectivity index (χ2n) is 5.57. The average molecular weight is 375 g/mol. The summed E-state index contributed by atoms with van der Waals surface area (Å²) >= 11 is 0. The number of alkyl halides is 3. The molecule has 10 heteroatoms. The Hall–Kier alpha value is -3.69. The highest BCUT2D eigenvalue weighted by Gasteiger charge is 2.41. The monoisotopic (exact) mass is 375 g/mol. The van der Waals surface area contributed by atoms with Crippen molar-refractivity contribution in [1.82, 2.24) is 14.4 Å². The number of imidazole rings is 1. The fourth-order valence-corrected chi connectivity index (χ4v) is 2.76. The van der Waals surface area contributed by atoms with Crippen molar-refractivity contribution in [2.24, 2.45) is 0 Å². The van der Waals surface area contributed by atoms with Crippen molar-refractivity contribution in [3.05, 3.63) is 71.3 Å². The van der Waals surface area contributed by atoms with Crippen LogP contribution in [-0.4, -0.2) is 32.2 Å². The van der Waals surface area contributed by atoms with Crippen molar-refractivity contribution >= 4 is 23.3 Å². The maximum Gasteiger partial charge on any atom is 0.450 e. The summed E-state index contributed by atoms with van der Waals surface area (Å²) in [5.74, 6) is -4.46. The number of fused-ring (bicyclic) bond motifs is 2. The summed E-state index contributed by atoms with van der Waals surface area (Å²) < 4.78 is 40.1. The zero-order valence-corrected chi connectivity index (χ0v) is 13.2. The third-order valence-electron chi connectivity index (χ3n) is 3.93. The molecule has 0 radical (unpaired) electrons. The van der Waals surface area contributed by atoms with E-state index >= 15 is 0 Å². The molecule has 0 unspecified atom stereocenters. The second kappa shape index (κ2) is 5.66. The summed E-state index contributed by atoms with van der Waals surface area (Å²) in [6, 6.07) is 9.77. The van der Waals surface area contributed by atoms with E-state index in [4.69, 9.17) is 4.84 Å². The number of pyridine rings is 1. The zero-order chi connectivity index (χ0) is 19.3. The first-order chi connectivity index (χ1) is 12.8. The van der Waals surface area contributed by atoms with Gasteiger partial charge >= 0.3 is 12.1 Å². The average Bonchev–Trinajstić information content (AvgIpc) is 3.14. The molecule has 2 aromatic heterocycles. The number of imide groups is 1. The van der Waals surface area contributed by atoms with Crippen LogP contribution in [0.1, 0.15) is 37.0 Å². The lowest BCUT2D eigenvalue weighted by Gasteiger charge is -2.11. The predicted octanol–water partition coefficient (Wildman–Crippen LogP) is 2.72. The lowest BCUT2D eigenvalue weighted by Crippen LogP contribution is -2.32. The number of carbonyl (C=O) groups is 3. The number of nitrogens with zero attached hydrogens (tertiary/aromatic N) is 3. The van der Waals surface area contributed by atoms with Crippen LogP contribution in [0.3, 0.4) is 0 Å². The Kier molecular flexibility index (Phi) is 3.51. The smallest absolute Gasteiger partial charge is 0.322 e. The van der Waals surface area contributed by atoms with E-state index in [1.807, 2.05) is 0 Å². The SMILES string of the molecule is O=C(ON1C(=O)c2ccccc2C1=O)c1nc(C(F)(F)F)n2ccccc12. The highest BCUT2D eigenvalue weighted by Crippen LogP contribution is 2.31. The molecule has 2 amide bonds. The van der Waals surface area contributed by atoms with E-state index in [9.17, 15) is 27.6 Å². The van der Waals surface area contributed by atoms with Crippen molar-refractivity contribution in [2.75, 3.05) is 0 Å². The molecule has 0 saturated heterocycles. The largest absolute Gasteiger partial charge is 0.450 e. The van der Waals surface area contributed by atoms with Gasteiger partial charge in [0.1, 0.15) is 0 Å². The number of rotatable bonds is 2. The summed E-state index contributed by atoms with van der Waals surface area (Å²) in [5.41, 5.74) is -0.784. The number of hydrogen-bond acceptors (Lipinski definition) is 5. The summed E-state index contributed by atoms with van der Waals surface area (Å²) in [7, 11) is 0. The lowest BCUT2D eigenvalue weighted by molar-refractivity contribution is -0.145. The minimum Gasteiger partial charge on any atom is -0.322 e. The third-order valence-corrected chi connectivity index (χ3v) is 3.93. The Morgan fingerprint density at radius 3 is 2.15 bits per heavy atom. The molecule has 0 N–H and O–H groups in total. The number of amides is 2. The molecule has 0 saturated carbocycles. The van der Waals surface area contributed by atoms with Gasteiger partial charge < -0.3 is 4.84 Å². The number of halogens is 3. The number of benzene rings is 1. The first kappa shape index (κ1) is 16.8. The number of aromatic nitrogens is 2. The van der Waals surface area contributed by atoms with Gasteiger partial charge in [0.2, 0.25) is 5.82 Å². The van der Waals surface area contributed by atoms with Crippen LogP contribution in [-0.2, 0) is 11.0 Å².